The molecule has 2 aromatic carbocycles. The average molecular weight is 400 g/mol. The van der Waals surface area contributed by atoms with Crippen molar-refractivity contribution < 1.29 is 18.0 Å². The quantitative estimate of drug-likeness (QED) is 0.602. The standard InChI is InChI=1S/C23H23F3N2O/c24-23(25,26)19-9-3-1-7-17(19)12-11-16-6-5-13-28(15-16)22(29)21-14-18-8-2-4-10-20(18)27-21/h1-4,7-10,14,16,27H,5-6,11-13,15H2. The molecular weight excluding hydrogens is 377 g/mol. The highest BCUT2D eigenvalue weighted by Gasteiger charge is 2.33. The van der Waals surface area contributed by atoms with Crippen molar-refractivity contribution >= 4 is 16.8 Å². The van der Waals surface area contributed by atoms with Gasteiger partial charge in [0.05, 0.1) is 5.56 Å². The van der Waals surface area contributed by atoms with Gasteiger partial charge in [-0.2, -0.15) is 13.2 Å². The first-order chi connectivity index (χ1) is 13.9. The fraction of sp³-hybridized carbons (Fsp3) is 0.348. The summed E-state index contributed by atoms with van der Waals surface area (Å²) in [7, 11) is 0. The molecule has 1 atom stereocenters. The Morgan fingerprint density at radius 2 is 1.86 bits per heavy atom. The van der Waals surface area contributed by atoms with Gasteiger partial charge in [-0.05, 0) is 55.4 Å². The first kappa shape index (κ1) is 19.6. The predicted octanol–water partition coefficient (Wildman–Crippen LogP) is 5.67. The van der Waals surface area contributed by atoms with Crippen molar-refractivity contribution in [3.05, 3.63) is 71.4 Å². The van der Waals surface area contributed by atoms with Crippen molar-refractivity contribution in [3.8, 4) is 0 Å². The van der Waals surface area contributed by atoms with Gasteiger partial charge in [-0.1, -0.05) is 36.4 Å². The minimum atomic E-state index is -4.33. The van der Waals surface area contributed by atoms with Gasteiger partial charge in [0.1, 0.15) is 5.69 Å². The molecule has 0 spiro atoms. The van der Waals surface area contributed by atoms with E-state index >= 15 is 0 Å². The number of piperidine rings is 1. The zero-order valence-corrected chi connectivity index (χ0v) is 16.0. The number of rotatable bonds is 4. The van der Waals surface area contributed by atoms with E-state index in [2.05, 4.69) is 4.98 Å². The lowest BCUT2D eigenvalue weighted by atomic mass is 9.90. The van der Waals surface area contributed by atoms with Gasteiger partial charge in [0, 0.05) is 24.0 Å². The molecule has 2 heterocycles. The third-order valence-corrected chi connectivity index (χ3v) is 5.71. The van der Waals surface area contributed by atoms with Crippen LogP contribution in [-0.4, -0.2) is 28.9 Å². The number of aromatic nitrogens is 1. The minimum absolute atomic E-state index is 0.0402. The van der Waals surface area contributed by atoms with Gasteiger partial charge in [-0.15, -0.1) is 0 Å². The number of hydrogen-bond acceptors (Lipinski definition) is 1. The lowest BCUT2D eigenvalue weighted by molar-refractivity contribution is -0.138. The number of halogens is 3. The molecular formula is C23H23F3N2O. The Labute approximate surface area is 167 Å². The molecule has 152 valence electrons. The second kappa shape index (κ2) is 7.93. The van der Waals surface area contributed by atoms with E-state index in [0.717, 1.165) is 29.8 Å². The maximum absolute atomic E-state index is 13.2. The van der Waals surface area contributed by atoms with E-state index in [-0.39, 0.29) is 11.8 Å². The number of likely N-dealkylation sites (tertiary alicyclic amines) is 1. The maximum atomic E-state index is 13.2. The number of aromatic amines is 1. The number of carbonyl (C=O) groups is 1. The van der Waals surface area contributed by atoms with Crippen molar-refractivity contribution in [2.75, 3.05) is 13.1 Å². The molecule has 3 nitrogen and oxygen atoms in total. The van der Waals surface area contributed by atoms with Gasteiger partial charge in [-0.3, -0.25) is 4.79 Å². The van der Waals surface area contributed by atoms with Crippen molar-refractivity contribution in [2.45, 2.75) is 31.9 Å². The number of nitrogens with one attached hydrogen (secondary N) is 1. The number of carbonyl (C=O) groups excluding carboxylic acids is 1. The Kier molecular flexibility index (Phi) is 5.35. The predicted molar refractivity (Wildman–Crippen MR) is 107 cm³/mol. The minimum Gasteiger partial charge on any atom is -0.351 e. The molecule has 29 heavy (non-hydrogen) atoms. The van der Waals surface area contributed by atoms with E-state index < -0.39 is 11.7 Å². The van der Waals surface area contributed by atoms with Gasteiger partial charge in [-0.25, -0.2) is 0 Å². The summed E-state index contributed by atoms with van der Waals surface area (Å²) in [6.45, 7) is 1.27. The van der Waals surface area contributed by atoms with Crippen LogP contribution in [0.1, 0.15) is 40.9 Å². The van der Waals surface area contributed by atoms with Gasteiger partial charge in [0.25, 0.3) is 5.91 Å². The monoisotopic (exact) mass is 400 g/mol. The van der Waals surface area contributed by atoms with Crippen molar-refractivity contribution in [1.82, 2.24) is 9.88 Å². The molecule has 1 amide bonds. The fourth-order valence-corrected chi connectivity index (χ4v) is 4.22. The summed E-state index contributed by atoms with van der Waals surface area (Å²) < 4.78 is 39.6. The van der Waals surface area contributed by atoms with Gasteiger partial charge in [0.15, 0.2) is 0 Å². The molecule has 0 bridgehead atoms. The van der Waals surface area contributed by atoms with Crippen LogP contribution < -0.4 is 0 Å². The van der Waals surface area contributed by atoms with Crippen LogP contribution >= 0.6 is 0 Å². The highest BCUT2D eigenvalue weighted by atomic mass is 19.4. The van der Waals surface area contributed by atoms with Crippen LogP contribution in [0.25, 0.3) is 10.9 Å². The Hall–Kier alpha value is -2.76. The van der Waals surface area contributed by atoms with Crippen molar-refractivity contribution in [2.24, 2.45) is 5.92 Å². The lowest BCUT2D eigenvalue weighted by Gasteiger charge is -2.32. The van der Waals surface area contributed by atoms with E-state index in [9.17, 15) is 18.0 Å². The van der Waals surface area contributed by atoms with E-state index in [1.165, 1.54) is 6.07 Å². The Morgan fingerprint density at radius 3 is 2.66 bits per heavy atom. The van der Waals surface area contributed by atoms with Gasteiger partial charge >= 0.3 is 6.18 Å². The van der Waals surface area contributed by atoms with E-state index in [0.29, 0.717) is 37.2 Å². The fourth-order valence-electron chi connectivity index (χ4n) is 4.22. The second-order valence-corrected chi connectivity index (χ2v) is 7.72. The molecule has 0 aliphatic carbocycles. The molecule has 1 unspecified atom stereocenters. The number of H-pyrrole nitrogens is 1. The largest absolute Gasteiger partial charge is 0.416 e. The summed E-state index contributed by atoms with van der Waals surface area (Å²) in [4.78, 5) is 17.9. The van der Waals surface area contributed by atoms with Crippen LogP contribution in [0.2, 0.25) is 0 Å². The molecule has 3 aromatic rings. The number of fused-ring (bicyclic) bond motifs is 1. The molecule has 1 fully saturated rings. The third-order valence-electron chi connectivity index (χ3n) is 5.71. The third kappa shape index (κ3) is 4.31. The zero-order chi connectivity index (χ0) is 20.4. The Morgan fingerprint density at radius 1 is 1.10 bits per heavy atom. The smallest absolute Gasteiger partial charge is 0.351 e. The molecule has 1 saturated heterocycles. The van der Waals surface area contributed by atoms with E-state index in [1.54, 1.807) is 12.1 Å². The van der Waals surface area contributed by atoms with Gasteiger partial charge in [0.2, 0.25) is 0 Å². The normalized spacial score (nSPS) is 17.6. The maximum Gasteiger partial charge on any atom is 0.416 e. The number of benzene rings is 2. The van der Waals surface area contributed by atoms with Crippen LogP contribution in [0, 0.1) is 5.92 Å². The van der Waals surface area contributed by atoms with Crippen molar-refractivity contribution in [1.29, 1.82) is 0 Å². The van der Waals surface area contributed by atoms with Crippen LogP contribution in [0.3, 0.4) is 0 Å². The molecule has 1 aromatic heterocycles. The second-order valence-electron chi connectivity index (χ2n) is 7.72. The average Bonchev–Trinajstić information content (AvgIpc) is 3.16. The highest BCUT2D eigenvalue weighted by Crippen LogP contribution is 2.33. The summed E-state index contributed by atoms with van der Waals surface area (Å²) in [6, 6.07) is 15.4. The number of alkyl halides is 3. The summed E-state index contributed by atoms with van der Waals surface area (Å²) in [5.74, 6) is 0.167. The van der Waals surface area contributed by atoms with Crippen LogP contribution in [0.4, 0.5) is 13.2 Å². The summed E-state index contributed by atoms with van der Waals surface area (Å²) in [6.07, 6.45) is -1.51. The zero-order valence-electron chi connectivity index (χ0n) is 16.0. The molecule has 1 aliphatic heterocycles. The summed E-state index contributed by atoms with van der Waals surface area (Å²) in [5.41, 5.74) is 1.27. The topological polar surface area (TPSA) is 36.1 Å². The first-order valence-corrected chi connectivity index (χ1v) is 9.94. The molecule has 0 saturated carbocycles. The number of hydrogen-bond donors (Lipinski definition) is 1. The van der Waals surface area contributed by atoms with Crippen LogP contribution in [0.5, 0.6) is 0 Å². The summed E-state index contributed by atoms with van der Waals surface area (Å²) >= 11 is 0. The van der Waals surface area contributed by atoms with Crippen LogP contribution in [-0.2, 0) is 12.6 Å². The Bertz CT molecular complexity index is 976. The van der Waals surface area contributed by atoms with E-state index in [4.69, 9.17) is 0 Å². The SMILES string of the molecule is O=C(c1cc2ccccc2[nH]1)N1CCCC(CCc2ccccc2C(F)(F)F)C1. The molecule has 6 heteroatoms. The lowest BCUT2D eigenvalue weighted by Crippen LogP contribution is -2.40. The van der Waals surface area contributed by atoms with Crippen LogP contribution in [0.15, 0.2) is 54.6 Å². The number of amides is 1. The molecule has 4 rings (SSSR count). The number of para-hydroxylation sites is 1. The van der Waals surface area contributed by atoms with Gasteiger partial charge < -0.3 is 9.88 Å². The molecule has 0 radical (unpaired) electrons. The molecule has 1 aliphatic rings. The van der Waals surface area contributed by atoms with E-state index in [1.807, 2.05) is 35.2 Å². The van der Waals surface area contributed by atoms with Crippen molar-refractivity contribution in [3.63, 3.8) is 0 Å². The first-order valence-electron chi connectivity index (χ1n) is 9.94. The summed E-state index contributed by atoms with van der Waals surface area (Å²) in [5, 5.41) is 0.994. The Balaban J connectivity index is 1.42. The number of aryl methyl sites for hydroxylation is 1. The molecule has 1 N–H and O–H groups in total. The number of nitrogens with zero attached hydrogens (tertiary/aromatic N) is 1. The highest BCUT2D eigenvalue weighted by molar-refractivity contribution is 5.98.